The summed E-state index contributed by atoms with van der Waals surface area (Å²) in [6.45, 7) is 2.87. The Kier molecular flexibility index (Phi) is 6.84. The topological polar surface area (TPSA) is 149 Å². The number of anilines is 3. The number of hydrogen-bond acceptors (Lipinski definition) is 9. The van der Waals surface area contributed by atoms with Crippen LogP contribution in [-0.2, 0) is 0 Å². The van der Waals surface area contributed by atoms with Crippen molar-refractivity contribution in [2.45, 2.75) is 6.92 Å². The summed E-state index contributed by atoms with van der Waals surface area (Å²) < 4.78 is 4.01. The molecular formula is C25H24N6O4S. The lowest BCUT2D eigenvalue weighted by molar-refractivity contribution is -0.384. The SMILES string of the molecule is Cc1cc(N(C)CCN2C(=O)c3ccccc3C2=O)ccc1N.Nc1snc2ccc([N+](=O)[O-])cc12. The summed E-state index contributed by atoms with van der Waals surface area (Å²) in [4.78, 5) is 37.9. The molecule has 1 aliphatic rings. The van der Waals surface area contributed by atoms with E-state index in [1.54, 1.807) is 30.3 Å². The molecule has 0 fully saturated rings. The van der Waals surface area contributed by atoms with E-state index < -0.39 is 4.92 Å². The monoisotopic (exact) mass is 504 g/mol. The lowest BCUT2D eigenvalue weighted by atomic mass is 10.1. The van der Waals surface area contributed by atoms with E-state index in [1.807, 2.05) is 37.1 Å². The van der Waals surface area contributed by atoms with E-state index in [0.717, 1.165) is 28.5 Å². The fourth-order valence-electron chi connectivity index (χ4n) is 3.78. The Bertz CT molecular complexity index is 1450. The Labute approximate surface area is 211 Å². The van der Waals surface area contributed by atoms with Crippen molar-refractivity contribution in [3.8, 4) is 0 Å². The number of imide groups is 1. The third-order valence-electron chi connectivity index (χ3n) is 5.93. The first-order valence-corrected chi connectivity index (χ1v) is 11.8. The third-order valence-corrected chi connectivity index (χ3v) is 6.63. The van der Waals surface area contributed by atoms with Gasteiger partial charge in [-0.3, -0.25) is 24.6 Å². The summed E-state index contributed by atoms with van der Waals surface area (Å²) in [7, 11) is 1.93. The average Bonchev–Trinajstić information content (AvgIpc) is 3.36. The number of likely N-dealkylation sites (N-methyl/N-ethyl adjacent to an activating group) is 1. The van der Waals surface area contributed by atoms with Gasteiger partial charge in [-0.15, -0.1) is 0 Å². The second-order valence-corrected chi connectivity index (χ2v) is 9.08. The smallest absolute Gasteiger partial charge is 0.270 e. The standard InChI is InChI=1S/C18H19N3O2.C7H5N3O2S/c1-12-11-13(7-8-16(12)19)20(2)9-10-21-17(22)14-5-3-4-6-15(14)18(21)23;8-7-5-3-4(10(11)12)1-2-6(5)9-13-7/h3-8,11H,9-10,19H2,1-2H3;1-3H,8H2. The van der Waals surface area contributed by atoms with Crippen LogP contribution in [-0.4, -0.2) is 46.1 Å². The van der Waals surface area contributed by atoms with Crippen LogP contribution in [0.3, 0.4) is 0 Å². The van der Waals surface area contributed by atoms with E-state index in [1.165, 1.54) is 17.0 Å². The summed E-state index contributed by atoms with van der Waals surface area (Å²) in [5.41, 5.74) is 15.9. The van der Waals surface area contributed by atoms with Crippen LogP contribution in [0.1, 0.15) is 26.3 Å². The van der Waals surface area contributed by atoms with Crippen LogP contribution in [0.4, 0.5) is 22.1 Å². The van der Waals surface area contributed by atoms with E-state index in [4.69, 9.17) is 11.5 Å². The number of nitro groups is 1. The lowest BCUT2D eigenvalue weighted by Crippen LogP contribution is -2.37. The predicted molar refractivity (Wildman–Crippen MR) is 141 cm³/mol. The van der Waals surface area contributed by atoms with Crippen LogP contribution in [0.15, 0.2) is 60.7 Å². The number of rotatable bonds is 5. The summed E-state index contributed by atoms with van der Waals surface area (Å²) in [6.07, 6.45) is 0. The number of hydrogen-bond donors (Lipinski definition) is 2. The number of fused-ring (bicyclic) bond motifs is 2. The van der Waals surface area contributed by atoms with E-state index in [9.17, 15) is 19.7 Å². The second-order valence-electron chi connectivity index (χ2n) is 8.28. The molecule has 10 nitrogen and oxygen atoms in total. The number of aromatic nitrogens is 1. The van der Waals surface area contributed by atoms with Crippen molar-refractivity contribution in [2.24, 2.45) is 0 Å². The number of nitrogens with zero attached hydrogens (tertiary/aromatic N) is 4. The molecule has 2 heterocycles. The summed E-state index contributed by atoms with van der Waals surface area (Å²) in [5.74, 6) is -0.431. The molecule has 0 radical (unpaired) electrons. The molecule has 0 saturated heterocycles. The number of nitrogens with two attached hydrogens (primary N) is 2. The van der Waals surface area contributed by atoms with Crippen LogP contribution < -0.4 is 16.4 Å². The van der Waals surface area contributed by atoms with Gasteiger partial charge in [0.2, 0.25) is 0 Å². The third kappa shape index (κ3) is 4.82. The van der Waals surface area contributed by atoms with Crippen LogP contribution in [0.5, 0.6) is 0 Å². The minimum atomic E-state index is -0.448. The zero-order valence-electron chi connectivity index (χ0n) is 19.7. The molecule has 11 heteroatoms. The number of non-ortho nitro benzene ring substituents is 1. The molecule has 0 aliphatic carbocycles. The Balaban J connectivity index is 0.000000197. The minimum Gasteiger partial charge on any atom is -0.399 e. The normalized spacial score (nSPS) is 12.3. The predicted octanol–water partition coefficient (Wildman–Crippen LogP) is 4.10. The molecule has 4 N–H and O–H groups in total. The van der Waals surface area contributed by atoms with Crippen molar-refractivity contribution in [1.82, 2.24) is 9.27 Å². The van der Waals surface area contributed by atoms with Gasteiger partial charge in [-0.05, 0) is 60.4 Å². The quantitative estimate of drug-likeness (QED) is 0.179. The zero-order valence-corrected chi connectivity index (χ0v) is 20.5. The van der Waals surface area contributed by atoms with Gasteiger partial charge in [0, 0.05) is 49.0 Å². The number of nitro benzene ring substituents is 1. The van der Waals surface area contributed by atoms with E-state index in [-0.39, 0.29) is 17.5 Å². The largest absolute Gasteiger partial charge is 0.399 e. The van der Waals surface area contributed by atoms with Crippen molar-refractivity contribution in [3.05, 3.63) is 87.5 Å². The van der Waals surface area contributed by atoms with Gasteiger partial charge in [0.25, 0.3) is 17.5 Å². The number of aryl methyl sites for hydroxylation is 1. The van der Waals surface area contributed by atoms with Crippen LogP contribution in [0.25, 0.3) is 10.9 Å². The van der Waals surface area contributed by atoms with Gasteiger partial charge < -0.3 is 16.4 Å². The van der Waals surface area contributed by atoms with E-state index >= 15 is 0 Å². The van der Waals surface area contributed by atoms with Gasteiger partial charge >= 0.3 is 0 Å². The van der Waals surface area contributed by atoms with Crippen molar-refractivity contribution in [2.75, 3.05) is 36.5 Å². The maximum Gasteiger partial charge on any atom is 0.270 e. The first-order valence-electron chi connectivity index (χ1n) is 11.0. The lowest BCUT2D eigenvalue weighted by Gasteiger charge is -2.23. The zero-order chi connectivity index (χ0) is 26.0. The second kappa shape index (κ2) is 10.0. The van der Waals surface area contributed by atoms with E-state index in [0.29, 0.717) is 40.1 Å². The summed E-state index contributed by atoms with van der Waals surface area (Å²) >= 11 is 1.14. The highest BCUT2D eigenvalue weighted by Crippen LogP contribution is 2.28. The van der Waals surface area contributed by atoms with Crippen molar-refractivity contribution < 1.29 is 14.5 Å². The molecule has 4 aromatic rings. The van der Waals surface area contributed by atoms with Gasteiger partial charge in [-0.25, -0.2) is 0 Å². The van der Waals surface area contributed by atoms with Gasteiger partial charge in [-0.2, -0.15) is 4.37 Å². The molecule has 0 saturated carbocycles. The molecule has 3 aromatic carbocycles. The maximum absolute atomic E-state index is 12.3. The minimum absolute atomic E-state index is 0.0411. The first kappa shape index (κ1) is 24.6. The molecule has 0 bridgehead atoms. The number of nitrogen functional groups attached to an aromatic ring is 2. The Morgan fingerprint density at radius 3 is 2.31 bits per heavy atom. The highest BCUT2D eigenvalue weighted by atomic mass is 32.1. The summed E-state index contributed by atoms with van der Waals surface area (Å²) in [5, 5.41) is 11.6. The maximum atomic E-state index is 12.3. The molecule has 1 aromatic heterocycles. The number of amides is 2. The van der Waals surface area contributed by atoms with Gasteiger partial charge in [0.1, 0.15) is 5.00 Å². The van der Waals surface area contributed by atoms with Crippen molar-refractivity contribution in [3.63, 3.8) is 0 Å². The Morgan fingerprint density at radius 1 is 1.03 bits per heavy atom. The van der Waals surface area contributed by atoms with Crippen LogP contribution >= 0.6 is 11.5 Å². The fourth-order valence-corrected chi connectivity index (χ4v) is 4.40. The van der Waals surface area contributed by atoms with Crippen molar-refractivity contribution >= 4 is 56.3 Å². The molecule has 2 amide bonds. The van der Waals surface area contributed by atoms with Crippen LogP contribution in [0.2, 0.25) is 0 Å². The number of carbonyl (C=O) groups excluding carboxylic acids is 2. The Hall–Kier alpha value is -4.51. The highest BCUT2D eigenvalue weighted by Gasteiger charge is 2.34. The molecule has 0 atom stereocenters. The van der Waals surface area contributed by atoms with Gasteiger partial charge in [0.05, 0.1) is 21.6 Å². The molecule has 184 valence electrons. The van der Waals surface area contributed by atoms with E-state index in [2.05, 4.69) is 4.37 Å². The Morgan fingerprint density at radius 2 is 1.69 bits per heavy atom. The molecule has 1 aliphatic heterocycles. The number of carbonyl (C=O) groups is 2. The molecule has 0 spiro atoms. The molecule has 36 heavy (non-hydrogen) atoms. The first-order chi connectivity index (χ1) is 17.2. The fraction of sp³-hybridized carbons (Fsp3) is 0.160. The molecule has 0 unspecified atom stereocenters. The number of benzene rings is 3. The van der Waals surface area contributed by atoms with Crippen molar-refractivity contribution in [1.29, 1.82) is 0 Å². The van der Waals surface area contributed by atoms with Gasteiger partial charge in [-0.1, -0.05) is 12.1 Å². The highest BCUT2D eigenvalue weighted by molar-refractivity contribution is 7.11. The summed E-state index contributed by atoms with van der Waals surface area (Å²) in [6, 6.07) is 17.2. The molecular weight excluding hydrogens is 480 g/mol. The molecule has 5 rings (SSSR count). The average molecular weight is 505 g/mol. The van der Waals surface area contributed by atoms with Crippen LogP contribution in [0, 0.1) is 17.0 Å². The van der Waals surface area contributed by atoms with Gasteiger partial charge in [0.15, 0.2) is 0 Å².